The van der Waals surface area contributed by atoms with Gasteiger partial charge in [-0.1, -0.05) is 48.5 Å². The molecule has 2 heterocycles. The molecule has 0 saturated carbocycles. The number of nitrogens with one attached hydrogen (secondary N) is 1. The van der Waals surface area contributed by atoms with Gasteiger partial charge in [-0.05, 0) is 56.2 Å². The fourth-order valence-electron chi connectivity index (χ4n) is 5.05. The van der Waals surface area contributed by atoms with Crippen LogP contribution in [0.25, 0.3) is 0 Å². The highest BCUT2D eigenvalue weighted by Gasteiger charge is 2.54. The van der Waals surface area contributed by atoms with E-state index in [-0.39, 0.29) is 18.4 Å². The van der Waals surface area contributed by atoms with E-state index in [1.165, 1.54) is 5.56 Å². The predicted molar refractivity (Wildman–Crippen MR) is 111 cm³/mol. The Hall–Kier alpha value is -2.21. The van der Waals surface area contributed by atoms with Crippen molar-refractivity contribution < 1.29 is 19.7 Å². The number of carbonyl (C=O) groups excluding carboxylic acids is 1. The second-order valence-electron chi connectivity index (χ2n) is 8.70. The molecule has 0 radical (unpaired) electrons. The van der Waals surface area contributed by atoms with E-state index < -0.39 is 23.3 Å². The summed E-state index contributed by atoms with van der Waals surface area (Å²) in [6.45, 7) is 1.81. The van der Waals surface area contributed by atoms with Gasteiger partial charge in [-0.15, -0.1) is 0 Å². The number of amides is 1. The number of fused-ring (bicyclic) bond motifs is 2. The molecule has 0 aliphatic carbocycles. The van der Waals surface area contributed by atoms with Gasteiger partial charge in [0.25, 0.3) is 5.91 Å². The predicted octanol–water partition coefficient (Wildman–Crippen LogP) is 3.02. The minimum absolute atomic E-state index is 0.0992. The van der Waals surface area contributed by atoms with E-state index in [1.54, 1.807) is 12.1 Å². The first-order valence-electron chi connectivity index (χ1n) is 10.3. The van der Waals surface area contributed by atoms with Gasteiger partial charge >= 0.3 is 0 Å². The zero-order valence-electron chi connectivity index (χ0n) is 16.8. The Kier molecular flexibility index (Phi) is 5.47. The molecule has 2 aliphatic rings. The molecular weight excluding hydrogens is 366 g/mol. The molecule has 5 nitrogen and oxygen atoms in total. The van der Waals surface area contributed by atoms with Crippen molar-refractivity contribution >= 4 is 5.91 Å². The maximum Gasteiger partial charge on any atom is 0.251 e. The molecule has 29 heavy (non-hydrogen) atoms. The molecule has 3 N–H and O–H groups in total. The van der Waals surface area contributed by atoms with Crippen molar-refractivity contribution in [3.05, 3.63) is 71.8 Å². The first-order chi connectivity index (χ1) is 13.9. The quantitative estimate of drug-likeness (QED) is 0.744. The monoisotopic (exact) mass is 395 g/mol. The average Bonchev–Trinajstić information content (AvgIpc) is 2.83. The molecule has 4 rings (SSSR count). The third kappa shape index (κ3) is 3.95. The Morgan fingerprint density at radius 3 is 2.41 bits per heavy atom. The summed E-state index contributed by atoms with van der Waals surface area (Å²) in [6.07, 6.45) is 1.61. The lowest BCUT2D eigenvalue weighted by molar-refractivity contribution is -0.230. The van der Waals surface area contributed by atoms with E-state index in [0.717, 1.165) is 0 Å². The lowest BCUT2D eigenvalue weighted by Crippen LogP contribution is -2.58. The van der Waals surface area contributed by atoms with Crippen molar-refractivity contribution in [3.63, 3.8) is 0 Å². The van der Waals surface area contributed by atoms with E-state index in [0.29, 0.717) is 31.2 Å². The van der Waals surface area contributed by atoms with E-state index >= 15 is 0 Å². The van der Waals surface area contributed by atoms with Crippen LogP contribution in [0.4, 0.5) is 0 Å². The highest BCUT2D eigenvalue weighted by molar-refractivity contribution is 5.94. The Morgan fingerprint density at radius 1 is 1.10 bits per heavy atom. The molecule has 2 fully saturated rings. The van der Waals surface area contributed by atoms with Crippen LogP contribution in [0, 0.1) is 0 Å². The van der Waals surface area contributed by atoms with E-state index in [4.69, 9.17) is 4.74 Å². The van der Waals surface area contributed by atoms with Crippen molar-refractivity contribution in [2.45, 2.75) is 61.9 Å². The zero-order chi connectivity index (χ0) is 20.5. The Labute approximate surface area is 171 Å². The highest BCUT2D eigenvalue weighted by atomic mass is 16.5. The standard InChI is InChI=1S/C24H29NO4/c1-23-14-19(17-8-4-2-5-9-17)15-24(16-26,29-23)13-12-20(21(23)27)25-22(28)18-10-6-3-7-11-18/h2-11,19-21,26-27H,12-16H2,1H3,(H,25,28)/t19-,20-,21+,23+,24+/m1/s1. The smallest absolute Gasteiger partial charge is 0.251 e. The molecule has 5 atom stereocenters. The van der Waals surface area contributed by atoms with Crippen LogP contribution in [-0.4, -0.2) is 46.1 Å². The van der Waals surface area contributed by atoms with E-state index in [9.17, 15) is 15.0 Å². The summed E-state index contributed by atoms with van der Waals surface area (Å²) in [6, 6.07) is 18.8. The first-order valence-corrected chi connectivity index (χ1v) is 10.3. The molecule has 2 aromatic carbocycles. The van der Waals surface area contributed by atoms with Gasteiger partial charge in [0, 0.05) is 5.56 Å². The Bertz CT molecular complexity index is 842. The number of ether oxygens (including phenoxy) is 1. The minimum atomic E-state index is -0.866. The summed E-state index contributed by atoms with van der Waals surface area (Å²) in [5.41, 5.74) is 0.198. The SMILES string of the molecule is C[C@]12C[C@@H](c3ccccc3)C[C@](CO)(CC[C@@H](NC(=O)c3ccccc3)[C@@H]1O)O2. The van der Waals surface area contributed by atoms with Gasteiger partial charge in [-0.25, -0.2) is 0 Å². The second kappa shape index (κ2) is 7.90. The minimum Gasteiger partial charge on any atom is -0.393 e. The van der Waals surface area contributed by atoms with Crippen molar-refractivity contribution in [2.24, 2.45) is 0 Å². The Balaban J connectivity index is 1.60. The number of hydrogen-bond donors (Lipinski definition) is 3. The fourth-order valence-corrected chi connectivity index (χ4v) is 5.05. The van der Waals surface area contributed by atoms with Gasteiger partial charge in [-0.3, -0.25) is 4.79 Å². The van der Waals surface area contributed by atoms with Crippen LogP contribution in [0.1, 0.15) is 54.4 Å². The van der Waals surface area contributed by atoms with Gasteiger partial charge in [0.15, 0.2) is 0 Å². The summed E-state index contributed by atoms with van der Waals surface area (Å²) in [5, 5.41) is 24.5. The number of rotatable bonds is 4. The highest BCUT2D eigenvalue weighted by Crippen LogP contribution is 2.49. The molecule has 2 bridgehead atoms. The maximum atomic E-state index is 12.7. The van der Waals surface area contributed by atoms with Gasteiger partial charge in [0.05, 0.1) is 23.9 Å². The summed E-state index contributed by atoms with van der Waals surface area (Å²) in [7, 11) is 0. The molecule has 5 heteroatoms. The molecule has 154 valence electrons. The molecule has 2 aliphatic heterocycles. The number of carbonyl (C=O) groups is 1. The van der Waals surface area contributed by atoms with Crippen LogP contribution in [-0.2, 0) is 4.74 Å². The summed E-state index contributed by atoms with van der Waals surface area (Å²) < 4.78 is 6.40. The molecule has 0 aromatic heterocycles. The average molecular weight is 395 g/mol. The number of hydrogen-bond acceptors (Lipinski definition) is 4. The van der Waals surface area contributed by atoms with Gasteiger partial charge in [0.2, 0.25) is 0 Å². The van der Waals surface area contributed by atoms with Crippen LogP contribution in [0.5, 0.6) is 0 Å². The van der Waals surface area contributed by atoms with Crippen molar-refractivity contribution in [1.82, 2.24) is 5.32 Å². The van der Waals surface area contributed by atoms with Crippen molar-refractivity contribution in [3.8, 4) is 0 Å². The number of aliphatic hydroxyl groups excluding tert-OH is 2. The van der Waals surface area contributed by atoms with Crippen molar-refractivity contribution in [2.75, 3.05) is 6.61 Å². The maximum absolute atomic E-state index is 12.7. The van der Waals surface area contributed by atoms with E-state index in [2.05, 4.69) is 17.4 Å². The molecule has 0 unspecified atom stereocenters. The third-order valence-electron chi connectivity index (χ3n) is 6.55. The molecular formula is C24H29NO4. The topological polar surface area (TPSA) is 78.8 Å². The van der Waals surface area contributed by atoms with Gasteiger partial charge < -0.3 is 20.3 Å². The molecule has 2 aromatic rings. The van der Waals surface area contributed by atoms with Crippen molar-refractivity contribution in [1.29, 1.82) is 0 Å². The van der Waals surface area contributed by atoms with Crippen LogP contribution in [0.15, 0.2) is 60.7 Å². The molecule has 2 saturated heterocycles. The molecule has 0 spiro atoms. The number of benzene rings is 2. The van der Waals surface area contributed by atoms with E-state index in [1.807, 2.05) is 43.3 Å². The second-order valence-corrected chi connectivity index (χ2v) is 8.70. The summed E-state index contributed by atoms with van der Waals surface area (Å²) >= 11 is 0. The normalized spacial score (nSPS) is 34.2. The largest absolute Gasteiger partial charge is 0.393 e. The zero-order valence-corrected chi connectivity index (χ0v) is 16.8. The van der Waals surface area contributed by atoms with Crippen LogP contribution >= 0.6 is 0 Å². The van der Waals surface area contributed by atoms with Crippen LogP contribution in [0.2, 0.25) is 0 Å². The molecule has 1 amide bonds. The summed E-state index contributed by atoms with van der Waals surface area (Å²) in [4.78, 5) is 12.7. The summed E-state index contributed by atoms with van der Waals surface area (Å²) in [5.74, 6) is -0.0207. The van der Waals surface area contributed by atoms with Crippen LogP contribution in [0.3, 0.4) is 0 Å². The third-order valence-corrected chi connectivity index (χ3v) is 6.55. The van der Waals surface area contributed by atoms with Crippen LogP contribution < -0.4 is 5.32 Å². The van der Waals surface area contributed by atoms with Gasteiger partial charge in [0.1, 0.15) is 6.10 Å². The first kappa shape index (κ1) is 20.1. The van der Waals surface area contributed by atoms with Gasteiger partial charge in [-0.2, -0.15) is 0 Å². The lowest BCUT2D eigenvalue weighted by Gasteiger charge is -2.49. The fraction of sp³-hybridized carbons (Fsp3) is 0.458. The number of aliphatic hydroxyl groups is 2. The lowest BCUT2D eigenvalue weighted by atomic mass is 9.74. The Morgan fingerprint density at radius 2 is 1.76 bits per heavy atom.